The van der Waals surface area contributed by atoms with E-state index in [1.54, 1.807) is 0 Å². The Morgan fingerprint density at radius 2 is 1.86 bits per heavy atom. The molecule has 0 fully saturated rings. The summed E-state index contributed by atoms with van der Waals surface area (Å²) >= 11 is 0. The van der Waals surface area contributed by atoms with E-state index < -0.39 is 0 Å². The van der Waals surface area contributed by atoms with Gasteiger partial charge in [-0.3, -0.25) is 0 Å². The topological polar surface area (TPSA) is 21.3 Å². The van der Waals surface area contributed by atoms with Gasteiger partial charge in [-0.2, -0.15) is 0 Å². The van der Waals surface area contributed by atoms with Crippen LogP contribution in [0.5, 0.6) is 0 Å². The number of rotatable bonds is 8. The van der Waals surface area contributed by atoms with Gasteiger partial charge >= 0.3 is 0 Å². The number of hydrogen-bond acceptors (Lipinski definition) is 2. The van der Waals surface area contributed by atoms with E-state index in [0.717, 1.165) is 32.0 Å². The second kappa shape index (κ2) is 7.24. The lowest BCUT2D eigenvalue weighted by molar-refractivity contribution is -0.0180. The molecule has 0 saturated carbocycles. The standard InChI is InChI=1S/C12H27NO/c1-6-12(4,5)14-10-9-13-8-7-11(2)3/h11,13H,6-10H2,1-5H3. The van der Waals surface area contributed by atoms with Crippen molar-refractivity contribution in [2.24, 2.45) is 5.92 Å². The van der Waals surface area contributed by atoms with E-state index in [-0.39, 0.29) is 5.60 Å². The molecular formula is C12H27NO. The van der Waals surface area contributed by atoms with E-state index in [0.29, 0.717) is 0 Å². The van der Waals surface area contributed by atoms with Gasteiger partial charge in [0.1, 0.15) is 0 Å². The van der Waals surface area contributed by atoms with E-state index in [1.165, 1.54) is 6.42 Å². The molecule has 2 nitrogen and oxygen atoms in total. The minimum absolute atomic E-state index is 0.0414. The van der Waals surface area contributed by atoms with Crippen LogP contribution in [-0.4, -0.2) is 25.3 Å². The Hall–Kier alpha value is -0.0800. The molecule has 0 aliphatic heterocycles. The van der Waals surface area contributed by atoms with Crippen molar-refractivity contribution in [3.63, 3.8) is 0 Å². The summed E-state index contributed by atoms with van der Waals surface area (Å²) in [6.45, 7) is 13.8. The van der Waals surface area contributed by atoms with E-state index in [9.17, 15) is 0 Å². The molecule has 0 aliphatic rings. The normalized spacial score (nSPS) is 12.4. The summed E-state index contributed by atoms with van der Waals surface area (Å²) in [5.41, 5.74) is 0.0414. The van der Waals surface area contributed by atoms with E-state index in [1.807, 2.05) is 0 Å². The Balaban J connectivity index is 3.21. The van der Waals surface area contributed by atoms with Crippen LogP contribution in [-0.2, 0) is 4.74 Å². The van der Waals surface area contributed by atoms with Crippen molar-refractivity contribution in [3.8, 4) is 0 Å². The molecule has 14 heavy (non-hydrogen) atoms. The molecule has 0 unspecified atom stereocenters. The lowest BCUT2D eigenvalue weighted by atomic mass is 10.1. The zero-order valence-electron chi connectivity index (χ0n) is 10.5. The van der Waals surface area contributed by atoms with Gasteiger partial charge in [-0.25, -0.2) is 0 Å². The number of hydrogen-bond donors (Lipinski definition) is 1. The fraction of sp³-hybridized carbons (Fsp3) is 1.00. The summed E-state index contributed by atoms with van der Waals surface area (Å²) in [6.07, 6.45) is 2.32. The van der Waals surface area contributed by atoms with Crippen LogP contribution < -0.4 is 5.32 Å². The molecule has 0 aromatic carbocycles. The largest absolute Gasteiger partial charge is 0.374 e. The summed E-state index contributed by atoms with van der Waals surface area (Å²) in [5, 5.41) is 3.39. The lowest BCUT2D eigenvalue weighted by Gasteiger charge is -2.23. The number of ether oxygens (including phenoxy) is 1. The monoisotopic (exact) mass is 201 g/mol. The molecule has 86 valence electrons. The second-order valence-corrected chi connectivity index (χ2v) is 4.89. The second-order valence-electron chi connectivity index (χ2n) is 4.89. The van der Waals surface area contributed by atoms with Crippen LogP contribution in [0.25, 0.3) is 0 Å². The Morgan fingerprint density at radius 3 is 2.36 bits per heavy atom. The average molecular weight is 201 g/mol. The SMILES string of the molecule is CCC(C)(C)OCCNCCC(C)C. The summed E-state index contributed by atoms with van der Waals surface area (Å²) in [7, 11) is 0. The summed E-state index contributed by atoms with van der Waals surface area (Å²) < 4.78 is 5.72. The van der Waals surface area contributed by atoms with Gasteiger partial charge in [0.05, 0.1) is 12.2 Å². The van der Waals surface area contributed by atoms with Crippen molar-refractivity contribution in [2.75, 3.05) is 19.7 Å². The van der Waals surface area contributed by atoms with Crippen molar-refractivity contribution >= 4 is 0 Å². The van der Waals surface area contributed by atoms with Crippen LogP contribution >= 0.6 is 0 Å². The van der Waals surface area contributed by atoms with Gasteiger partial charge in [0.15, 0.2) is 0 Å². The fourth-order valence-corrected chi connectivity index (χ4v) is 1.02. The predicted octanol–water partition coefficient (Wildman–Crippen LogP) is 2.83. The van der Waals surface area contributed by atoms with Crippen LogP contribution in [0.3, 0.4) is 0 Å². The van der Waals surface area contributed by atoms with Gasteiger partial charge in [-0.15, -0.1) is 0 Å². The lowest BCUT2D eigenvalue weighted by Crippen LogP contribution is -2.29. The summed E-state index contributed by atoms with van der Waals surface area (Å²) in [5.74, 6) is 0.788. The predicted molar refractivity (Wildman–Crippen MR) is 62.6 cm³/mol. The molecule has 0 aromatic rings. The summed E-state index contributed by atoms with van der Waals surface area (Å²) in [4.78, 5) is 0. The van der Waals surface area contributed by atoms with Crippen LogP contribution in [0.1, 0.15) is 47.5 Å². The van der Waals surface area contributed by atoms with Gasteiger partial charge < -0.3 is 10.1 Å². The highest BCUT2D eigenvalue weighted by Gasteiger charge is 2.13. The van der Waals surface area contributed by atoms with Crippen molar-refractivity contribution in [3.05, 3.63) is 0 Å². The van der Waals surface area contributed by atoms with Crippen LogP contribution in [0.15, 0.2) is 0 Å². The Kier molecular flexibility index (Phi) is 7.20. The van der Waals surface area contributed by atoms with Crippen LogP contribution in [0.4, 0.5) is 0 Å². The van der Waals surface area contributed by atoms with Gasteiger partial charge in [-0.1, -0.05) is 20.8 Å². The molecule has 0 radical (unpaired) electrons. The van der Waals surface area contributed by atoms with Crippen LogP contribution in [0.2, 0.25) is 0 Å². The third-order valence-corrected chi connectivity index (χ3v) is 2.52. The molecule has 2 heteroatoms. The van der Waals surface area contributed by atoms with Crippen molar-refractivity contribution in [1.29, 1.82) is 0 Å². The first kappa shape index (κ1) is 13.9. The first-order chi connectivity index (χ1) is 6.48. The molecule has 0 saturated heterocycles. The average Bonchev–Trinajstić information content (AvgIpc) is 2.10. The minimum atomic E-state index is 0.0414. The Bertz CT molecular complexity index is 132. The van der Waals surface area contributed by atoms with E-state index >= 15 is 0 Å². The summed E-state index contributed by atoms with van der Waals surface area (Å²) in [6, 6.07) is 0. The van der Waals surface area contributed by atoms with Crippen LogP contribution in [0, 0.1) is 5.92 Å². The van der Waals surface area contributed by atoms with Gasteiger partial charge in [-0.05, 0) is 39.2 Å². The highest BCUT2D eigenvalue weighted by atomic mass is 16.5. The smallest absolute Gasteiger partial charge is 0.0624 e. The maximum absolute atomic E-state index is 5.72. The molecule has 0 rings (SSSR count). The molecule has 0 aromatic heterocycles. The van der Waals surface area contributed by atoms with Crippen molar-refractivity contribution in [1.82, 2.24) is 5.32 Å². The maximum Gasteiger partial charge on any atom is 0.0624 e. The molecular weight excluding hydrogens is 174 g/mol. The van der Waals surface area contributed by atoms with E-state index in [4.69, 9.17) is 4.74 Å². The van der Waals surface area contributed by atoms with E-state index in [2.05, 4.69) is 39.9 Å². The first-order valence-electron chi connectivity index (χ1n) is 5.82. The molecule has 0 heterocycles. The minimum Gasteiger partial charge on any atom is -0.374 e. The zero-order chi connectivity index (χ0) is 11.0. The Morgan fingerprint density at radius 1 is 1.21 bits per heavy atom. The molecule has 1 N–H and O–H groups in total. The molecule has 0 atom stereocenters. The highest BCUT2D eigenvalue weighted by Crippen LogP contribution is 2.12. The molecule has 0 amide bonds. The quantitative estimate of drug-likeness (QED) is 0.610. The van der Waals surface area contributed by atoms with Gasteiger partial charge in [0.25, 0.3) is 0 Å². The maximum atomic E-state index is 5.72. The third-order valence-electron chi connectivity index (χ3n) is 2.52. The zero-order valence-corrected chi connectivity index (χ0v) is 10.5. The Labute approximate surface area is 89.4 Å². The van der Waals surface area contributed by atoms with Gasteiger partial charge in [0.2, 0.25) is 0 Å². The van der Waals surface area contributed by atoms with Crippen molar-refractivity contribution in [2.45, 2.75) is 53.1 Å². The molecule has 0 aliphatic carbocycles. The number of nitrogens with one attached hydrogen (secondary N) is 1. The van der Waals surface area contributed by atoms with Gasteiger partial charge in [0, 0.05) is 6.54 Å². The first-order valence-corrected chi connectivity index (χ1v) is 5.82. The van der Waals surface area contributed by atoms with Crippen molar-refractivity contribution < 1.29 is 4.74 Å². The molecule has 0 bridgehead atoms. The molecule has 0 spiro atoms. The third kappa shape index (κ3) is 8.52. The highest BCUT2D eigenvalue weighted by molar-refractivity contribution is 4.65. The fourth-order valence-electron chi connectivity index (χ4n) is 1.02.